The molecule has 1 aromatic rings. The highest BCUT2D eigenvalue weighted by Crippen LogP contribution is 2.23. The standard InChI is InChI=1S/C27H33N5O13/c33-20-13-43-25(38)11-30-22(35)15-45-27(40)18(9-17-3-1-2-4-19(17)32-5-7-41-8-6-32)31-23(36)16-44-26(39)12-29-21(34)14-42-24(37)10-28-20/h1-4,18H,5-16H2,(H,28,33)(H,29,34)(H,30,35)(H,31,36). The van der Waals surface area contributed by atoms with Gasteiger partial charge in [0.25, 0.3) is 23.6 Å². The lowest BCUT2D eigenvalue weighted by atomic mass is 10.0. The van der Waals surface area contributed by atoms with E-state index < -0.39 is 99.6 Å². The molecule has 0 saturated carbocycles. The van der Waals surface area contributed by atoms with Crippen LogP contribution in [0.3, 0.4) is 0 Å². The van der Waals surface area contributed by atoms with Crippen molar-refractivity contribution in [2.75, 3.05) is 77.3 Å². The highest BCUT2D eigenvalue weighted by molar-refractivity contribution is 5.90. The molecule has 3 rings (SSSR count). The first-order valence-electron chi connectivity index (χ1n) is 13.7. The molecule has 0 spiro atoms. The number of anilines is 1. The smallest absolute Gasteiger partial charge is 0.329 e. The van der Waals surface area contributed by atoms with Gasteiger partial charge < -0.3 is 49.9 Å². The Morgan fingerprint density at radius 2 is 1.09 bits per heavy atom. The molecular weight excluding hydrogens is 602 g/mol. The largest absolute Gasteiger partial charge is 0.454 e. The summed E-state index contributed by atoms with van der Waals surface area (Å²) in [6, 6.07) is 5.85. The third kappa shape index (κ3) is 12.5. The normalized spacial score (nSPS) is 21.0. The molecule has 1 unspecified atom stereocenters. The Labute approximate surface area is 256 Å². The Bertz CT molecular complexity index is 1280. The van der Waals surface area contributed by atoms with Crippen molar-refractivity contribution in [2.24, 2.45) is 0 Å². The Kier molecular flexibility index (Phi) is 13.5. The summed E-state index contributed by atoms with van der Waals surface area (Å²) in [5.74, 6) is -7.49. The molecule has 4 N–H and O–H groups in total. The van der Waals surface area contributed by atoms with Crippen molar-refractivity contribution in [1.82, 2.24) is 21.3 Å². The lowest BCUT2D eigenvalue weighted by Crippen LogP contribution is -2.46. The minimum Gasteiger partial charge on any atom is -0.454 e. The van der Waals surface area contributed by atoms with Crippen molar-refractivity contribution in [3.05, 3.63) is 29.8 Å². The number of nitrogens with one attached hydrogen (secondary N) is 4. The molecule has 18 nitrogen and oxygen atoms in total. The summed E-state index contributed by atoms with van der Waals surface area (Å²) in [7, 11) is 0. The molecule has 2 fully saturated rings. The number of nitrogens with zero attached hydrogens (tertiary/aromatic N) is 1. The fourth-order valence-electron chi connectivity index (χ4n) is 3.94. The third-order valence-corrected chi connectivity index (χ3v) is 6.12. The van der Waals surface area contributed by atoms with Gasteiger partial charge >= 0.3 is 23.9 Å². The van der Waals surface area contributed by atoms with Crippen LogP contribution in [0.2, 0.25) is 0 Å². The molecule has 2 aliphatic heterocycles. The number of carbonyl (C=O) groups excluding carboxylic acids is 8. The van der Waals surface area contributed by atoms with Gasteiger partial charge in [-0.3, -0.25) is 33.6 Å². The van der Waals surface area contributed by atoms with Crippen molar-refractivity contribution in [2.45, 2.75) is 12.5 Å². The van der Waals surface area contributed by atoms with Gasteiger partial charge in [0.2, 0.25) is 0 Å². The number of hydrogen-bond acceptors (Lipinski definition) is 14. The number of esters is 4. The van der Waals surface area contributed by atoms with Gasteiger partial charge in [-0.15, -0.1) is 0 Å². The number of hydrogen-bond donors (Lipinski definition) is 4. The van der Waals surface area contributed by atoms with Crippen LogP contribution in [0.1, 0.15) is 5.56 Å². The summed E-state index contributed by atoms with van der Waals surface area (Å²) >= 11 is 0. The predicted molar refractivity (Wildman–Crippen MR) is 148 cm³/mol. The lowest BCUT2D eigenvalue weighted by Gasteiger charge is -2.31. The van der Waals surface area contributed by atoms with Crippen LogP contribution in [0.5, 0.6) is 0 Å². The van der Waals surface area contributed by atoms with E-state index in [0.717, 1.165) is 5.69 Å². The van der Waals surface area contributed by atoms with Gasteiger partial charge in [-0.05, 0) is 11.6 Å². The zero-order valence-electron chi connectivity index (χ0n) is 24.1. The molecule has 244 valence electrons. The minimum atomic E-state index is -1.32. The average molecular weight is 636 g/mol. The Morgan fingerprint density at radius 3 is 1.62 bits per heavy atom. The average Bonchev–Trinajstić information content (AvgIpc) is 3.04. The summed E-state index contributed by atoms with van der Waals surface area (Å²) < 4.78 is 24.7. The van der Waals surface area contributed by atoms with Crippen LogP contribution in [-0.4, -0.2) is 126 Å². The third-order valence-electron chi connectivity index (χ3n) is 6.12. The number of cyclic esters (lactones) is 4. The Morgan fingerprint density at radius 1 is 0.622 bits per heavy atom. The summed E-state index contributed by atoms with van der Waals surface area (Å²) in [6.07, 6.45) is -0.0587. The van der Waals surface area contributed by atoms with E-state index in [0.29, 0.717) is 31.9 Å². The van der Waals surface area contributed by atoms with Gasteiger partial charge in [0, 0.05) is 25.2 Å². The number of para-hydroxylation sites is 1. The number of morpholine rings is 1. The van der Waals surface area contributed by atoms with E-state index in [1.54, 1.807) is 12.1 Å². The number of ether oxygens (including phenoxy) is 5. The molecule has 4 amide bonds. The molecule has 1 atom stereocenters. The highest BCUT2D eigenvalue weighted by atomic mass is 16.6. The van der Waals surface area contributed by atoms with Gasteiger partial charge in [0.1, 0.15) is 25.7 Å². The minimum absolute atomic E-state index is 0.0587. The van der Waals surface area contributed by atoms with Gasteiger partial charge in [-0.25, -0.2) is 4.79 Å². The molecule has 2 saturated heterocycles. The summed E-state index contributed by atoms with van der Waals surface area (Å²) in [5.41, 5.74) is 1.47. The van der Waals surface area contributed by atoms with E-state index in [1.807, 2.05) is 12.1 Å². The van der Waals surface area contributed by atoms with Gasteiger partial charge in [-0.1, -0.05) is 18.2 Å². The van der Waals surface area contributed by atoms with Crippen molar-refractivity contribution < 1.29 is 62.0 Å². The molecule has 0 bridgehead atoms. The molecule has 45 heavy (non-hydrogen) atoms. The first-order chi connectivity index (χ1) is 21.6. The zero-order chi connectivity index (χ0) is 32.6. The van der Waals surface area contributed by atoms with E-state index in [2.05, 4.69) is 35.6 Å². The summed E-state index contributed by atoms with van der Waals surface area (Å²) in [5, 5.41) is 8.82. The molecule has 0 aliphatic carbocycles. The predicted octanol–water partition coefficient (Wildman–Crippen LogP) is -3.91. The van der Waals surface area contributed by atoms with Crippen LogP contribution in [-0.2, 0) is 68.5 Å². The molecular formula is C27H33N5O13. The van der Waals surface area contributed by atoms with Crippen molar-refractivity contribution >= 4 is 53.2 Å². The Balaban J connectivity index is 1.70. The van der Waals surface area contributed by atoms with Gasteiger partial charge in [0.05, 0.1) is 13.2 Å². The topological polar surface area (TPSA) is 234 Å². The van der Waals surface area contributed by atoms with E-state index >= 15 is 0 Å². The van der Waals surface area contributed by atoms with Gasteiger partial charge in [0.15, 0.2) is 26.4 Å². The summed E-state index contributed by atoms with van der Waals surface area (Å²) in [6.45, 7) is -2.99. The number of benzene rings is 1. The van der Waals surface area contributed by atoms with Crippen LogP contribution in [0.25, 0.3) is 0 Å². The van der Waals surface area contributed by atoms with Crippen LogP contribution in [0, 0.1) is 0 Å². The van der Waals surface area contributed by atoms with Crippen molar-refractivity contribution in [3.8, 4) is 0 Å². The van der Waals surface area contributed by atoms with Crippen LogP contribution in [0.4, 0.5) is 5.69 Å². The van der Waals surface area contributed by atoms with E-state index in [9.17, 15) is 38.4 Å². The van der Waals surface area contributed by atoms with Crippen LogP contribution < -0.4 is 26.2 Å². The fraction of sp³-hybridized carbons (Fsp3) is 0.481. The molecule has 0 aromatic heterocycles. The maximum atomic E-state index is 13.1. The maximum Gasteiger partial charge on any atom is 0.329 e. The zero-order valence-corrected chi connectivity index (χ0v) is 24.1. The maximum absolute atomic E-state index is 13.1. The van der Waals surface area contributed by atoms with Gasteiger partial charge in [-0.2, -0.15) is 0 Å². The number of rotatable bonds is 3. The van der Waals surface area contributed by atoms with Crippen molar-refractivity contribution in [3.63, 3.8) is 0 Å². The second-order valence-corrected chi connectivity index (χ2v) is 9.47. The van der Waals surface area contributed by atoms with Crippen molar-refractivity contribution in [1.29, 1.82) is 0 Å². The first-order valence-corrected chi connectivity index (χ1v) is 13.7. The number of carbonyl (C=O) groups is 8. The molecule has 0 radical (unpaired) electrons. The number of amides is 4. The van der Waals surface area contributed by atoms with E-state index in [-0.39, 0.29) is 6.42 Å². The second-order valence-electron chi connectivity index (χ2n) is 9.47. The Hall–Kier alpha value is -5.26. The van der Waals surface area contributed by atoms with E-state index in [4.69, 9.17) is 14.2 Å². The van der Waals surface area contributed by atoms with Crippen LogP contribution >= 0.6 is 0 Å². The SMILES string of the molecule is O=C1COC(=O)CNC(=O)COC(=O)C(Cc2ccccc2N2CCOCC2)NC(=O)COC(=O)CNC(=O)COC(=O)CN1. The quantitative estimate of drug-likeness (QED) is 0.184. The molecule has 2 heterocycles. The van der Waals surface area contributed by atoms with E-state index in [1.165, 1.54) is 0 Å². The first kappa shape index (κ1) is 34.2. The second kappa shape index (κ2) is 17.8. The highest BCUT2D eigenvalue weighted by Gasteiger charge is 2.27. The molecule has 18 heteroatoms. The van der Waals surface area contributed by atoms with Crippen LogP contribution in [0.15, 0.2) is 24.3 Å². The molecule has 1 aromatic carbocycles. The monoisotopic (exact) mass is 635 g/mol. The fourth-order valence-corrected chi connectivity index (χ4v) is 3.94. The lowest BCUT2D eigenvalue weighted by molar-refractivity contribution is -0.154. The summed E-state index contributed by atoms with van der Waals surface area (Å²) in [4.78, 5) is 99.2. The molecule has 2 aliphatic rings.